The van der Waals surface area contributed by atoms with Crippen molar-refractivity contribution < 1.29 is 0 Å². The molecule has 0 radical (unpaired) electrons. The third kappa shape index (κ3) is 16.1. The molecule has 0 atom stereocenters. The lowest BCUT2D eigenvalue weighted by Gasteiger charge is -2.27. The van der Waals surface area contributed by atoms with Crippen LogP contribution in [-0.4, -0.2) is 0 Å². The number of fused-ring (bicyclic) bond motifs is 1. The lowest BCUT2D eigenvalue weighted by molar-refractivity contribution is 1.28. The predicted octanol–water partition coefficient (Wildman–Crippen LogP) is 31.7. The van der Waals surface area contributed by atoms with Gasteiger partial charge in [0.25, 0.3) is 0 Å². The predicted molar refractivity (Wildman–Crippen MR) is 493 cm³/mol. The number of rotatable bonds is 20. The molecule has 19 rings (SSSR count). The molecule has 0 unspecified atom stereocenters. The Morgan fingerprint density at radius 2 is 0.241 bits per heavy atom. The minimum absolute atomic E-state index is 1.09. The normalized spacial score (nSPS) is 10.9. The Bertz CT molecular complexity index is 6190. The van der Waals surface area contributed by atoms with Crippen LogP contribution in [-0.2, 0) is 0 Å². The minimum atomic E-state index is 1.09. The van der Waals surface area contributed by atoms with Crippen LogP contribution in [0.5, 0.6) is 0 Å². The van der Waals surface area contributed by atoms with Crippen LogP contribution < -0.4 is 19.6 Å². The van der Waals surface area contributed by atoms with Crippen molar-refractivity contribution in [1.29, 1.82) is 0 Å². The first-order valence-corrected chi connectivity index (χ1v) is 39.6. The van der Waals surface area contributed by atoms with Gasteiger partial charge in [-0.3, -0.25) is 0 Å². The van der Waals surface area contributed by atoms with E-state index in [1.54, 1.807) is 0 Å². The Labute approximate surface area is 680 Å². The molecule has 0 heterocycles. The Hall–Kier alpha value is -15.4. The summed E-state index contributed by atoms with van der Waals surface area (Å²) in [6.45, 7) is 0. The van der Waals surface area contributed by atoms with Crippen LogP contribution in [0.25, 0.3) is 99.8 Å². The zero-order valence-corrected chi connectivity index (χ0v) is 64.1. The number of hydrogen-bond donors (Lipinski definition) is 0. The van der Waals surface area contributed by atoms with E-state index in [0.717, 1.165) is 79.4 Å². The van der Waals surface area contributed by atoms with Gasteiger partial charge in [-0.2, -0.15) is 0 Å². The SMILES string of the molecule is c1ccc(-c2ccc(-c3ccc(N(c4ccccc4)c4ccc(-c5ccc(N(c6ccc(-c7ccccc7)cc6)c6ccc(-c7ccccc7)cc6)cc5)cc4)cc3)cc2)cc1.c1ccc(-c2ccc(N(c3ccc(-c4ccccc4)cc3)c3ccc(-c4ccc(N(c5ccccc5)c5cccc6ccccc56)cc4)cc3)cc2)cc1. The van der Waals surface area contributed by atoms with E-state index in [1.807, 2.05) is 0 Å². The minimum Gasteiger partial charge on any atom is -0.311 e. The first-order valence-electron chi connectivity index (χ1n) is 39.6. The fourth-order valence-electron chi connectivity index (χ4n) is 15.6. The van der Waals surface area contributed by atoms with Crippen LogP contribution in [0.4, 0.5) is 68.2 Å². The van der Waals surface area contributed by atoms with Gasteiger partial charge in [0.05, 0.1) is 5.69 Å². The molecule has 0 aliphatic rings. The second-order valence-electron chi connectivity index (χ2n) is 28.8. The molecular formula is C112H82N4. The smallest absolute Gasteiger partial charge is 0.0540 e. The third-order valence-electron chi connectivity index (χ3n) is 21.6. The molecule has 0 aliphatic heterocycles. The topological polar surface area (TPSA) is 13.0 Å². The van der Waals surface area contributed by atoms with E-state index in [4.69, 9.17) is 0 Å². The molecule has 19 aromatic carbocycles. The maximum absolute atomic E-state index is 2.35. The second kappa shape index (κ2) is 34.1. The van der Waals surface area contributed by atoms with E-state index < -0.39 is 0 Å². The molecule has 116 heavy (non-hydrogen) atoms. The first kappa shape index (κ1) is 72.2. The molecular weight excluding hydrogens is 1400 g/mol. The van der Waals surface area contributed by atoms with Gasteiger partial charge < -0.3 is 19.6 Å². The molecule has 0 N–H and O–H groups in total. The van der Waals surface area contributed by atoms with Crippen LogP contribution in [0, 0.1) is 0 Å². The highest BCUT2D eigenvalue weighted by molar-refractivity contribution is 5.99. The summed E-state index contributed by atoms with van der Waals surface area (Å²) in [4.78, 5) is 9.33. The van der Waals surface area contributed by atoms with Gasteiger partial charge in [0.15, 0.2) is 0 Å². The fourth-order valence-corrected chi connectivity index (χ4v) is 15.6. The summed E-state index contributed by atoms with van der Waals surface area (Å²) in [6, 6.07) is 178. The molecule has 0 spiro atoms. The van der Waals surface area contributed by atoms with Gasteiger partial charge in [0, 0.05) is 67.9 Å². The van der Waals surface area contributed by atoms with Gasteiger partial charge in [-0.05, 0) is 234 Å². The molecule has 0 bridgehead atoms. The molecule has 0 saturated heterocycles. The molecule has 0 aromatic heterocycles. The van der Waals surface area contributed by atoms with Crippen molar-refractivity contribution in [2.24, 2.45) is 0 Å². The Balaban J connectivity index is 0.000000162. The van der Waals surface area contributed by atoms with Crippen LogP contribution in [0.1, 0.15) is 0 Å². The molecule has 4 heteroatoms. The maximum Gasteiger partial charge on any atom is 0.0540 e. The first-order chi connectivity index (χ1) is 57.5. The summed E-state index contributed by atoms with van der Waals surface area (Å²) in [7, 11) is 0. The quantitative estimate of drug-likeness (QED) is 0.0754. The zero-order valence-electron chi connectivity index (χ0n) is 64.1. The van der Waals surface area contributed by atoms with Crippen molar-refractivity contribution >= 4 is 79.0 Å². The molecule has 550 valence electrons. The van der Waals surface area contributed by atoms with Gasteiger partial charge in [0.2, 0.25) is 0 Å². The summed E-state index contributed by atoms with van der Waals surface area (Å²) in [6.07, 6.45) is 0. The molecule has 19 aromatic rings. The lowest BCUT2D eigenvalue weighted by atomic mass is 10.00. The van der Waals surface area contributed by atoms with Gasteiger partial charge in [-0.15, -0.1) is 0 Å². The van der Waals surface area contributed by atoms with Crippen molar-refractivity contribution in [3.8, 4) is 89.0 Å². The van der Waals surface area contributed by atoms with Crippen LogP contribution in [0.2, 0.25) is 0 Å². The van der Waals surface area contributed by atoms with E-state index in [2.05, 4.69) is 517 Å². The summed E-state index contributed by atoms with van der Waals surface area (Å²) in [5, 5.41) is 2.44. The van der Waals surface area contributed by atoms with E-state index in [1.165, 1.54) is 88.7 Å². The zero-order chi connectivity index (χ0) is 77.6. The molecule has 0 saturated carbocycles. The van der Waals surface area contributed by atoms with Gasteiger partial charge in [0.1, 0.15) is 0 Å². The number of benzene rings is 19. The number of anilines is 12. The molecule has 0 amide bonds. The van der Waals surface area contributed by atoms with Crippen molar-refractivity contribution in [1.82, 2.24) is 0 Å². The summed E-state index contributed by atoms with van der Waals surface area (Å²) in [5.74, 6) is 0. The van der Waals surface area contributed by atoms with E-state index in [9.17, 15) is 0 Å². The maximum atomic E-state index is 2.35. The number of hydrogen-bond acceptors (Lipinski definition) is 4. The monoisotopic (exact) mass is 1480 g/mol. The lowest BCUT2D eigenvalue weighted by Crippen LogP contribution is -2.10. The van der Waals surface area contributed by atoms with Crippen molar-refractivity contribution in [3.63, 3.8) is 0 Å². The third-order valence-corrected chi connectivity index (χ3v) is 21.6. The fraction of sp³-hybridized carbons (Fsp3) is 0. The van der Waals surface area contributed by atoms with Gasteiger partial charge >= 0.3 is 0 Å². The highest BCUT2D eigenvalue weighted by Gasteiger charge is 2.20. The van der Waals surface area contributed by atoms with E-state index >= 15 is 0 Å². The van der Waals surface area contributed by atoms with Crippen LogP contribution >= 0.6 is 0 Å². The Morgan fingerprint density at radius 1 is 0.0948 bits per heavy atom. The Morgan fingerprint density at radius 3 is 0.466 bits per heavy atom. The van der Waals surface area contributed by atoms with E-state index in [0.29, 0.717) is 0 Å². The average Bonchev–Trinajstić information content (AvgIpc) is 0.778. The number of nitrogens with zero attached hydrogens (tertiary/aromatic N) is 4. The van der Waals surface area contributed by atoms with E-state index in [-0.39, 0.29) is 0 Å². The standard InChI is InChI=1S/C60H44N2.C52H38N2/c1-5-13-45(14-6-1)48-21-23-49(24-22-48)52-29-39-56(40-30-52)61(55-19-11-4-12-20-55)57-41-31-53(32-42-57)54-33-43-60(44-34-54)62(58-35-25-50(26-36-58)46-15-7-2-8-16-46)59-37-27-51(28-38-59)47-17-9-3-10-18-47;1-4-13-39(14-5-1)41-23-31-47(32-24-41)53(48-33-25-42(26-34-48)40-15-6-2-7-16-40)49-35-27-43(28-36-49)44-29-37-50(38-30-44)54(46-19-8-3-9-20-46)52-22-12-18-45-17-10-11-21-51(45)52/h1-44H;1-38H. The van der Waals surface area contributed by atoms with Crippen LogP contribution in [0.3, 0.4) is 0 Å². The van der Waals surface area contributed by atoms with Gasteiger partial charge in [-0.25, -0.2) is 0 Å². The highest BCUT2D eigenvalue weighted by atomic mass is 15.2. The molecule has 4 nitrogen and oxygen atoms in total. The molecule has 0 aliphatic carbocycles. The highest BCUT2D eigenvalue weighted by Crippen LogP contribution is 2.44. The summed E-state index contributed by atoms with van der Waals surface area (Å²) in [5.41, 5.74) is 32.4. The second-order valence-corrected chi connectivity index (χ2v) is 28.8. The van der Waals surface area contributed by atoms with Crippen LogP contribution in [0.15, 0.2) is 497 Å². The van der Waals surface area contributed by atoms with Gasteiger partial charge in [-0.1, -0.05) is 358 Å². The van der Waals surface area contributed by atoms with Crippen molar-refractivity contribution in [2.75, 3.05) is 19.6 Å². The average molecular weight is 1480 g/mol. The summed E-state index contributed by atoms with van der Waals surface area (Å²) >= 11 is 0. The van der Waals surface area contributed by atoms with Crippen molar-refractivity contribution in [2.45, 2.75) is 0 Å². The largest absolute Gasteiger partial charge is 0.311 e. The summed E-state index contributed by atoms with van der Waals surface area (Å²) < 4.78 is 0. The Kier molecular flexibility index (Phi) is 21.2. The number of para-hydroxylation sites is 2. The van der Waals surface area contributed by atoms with Crippen molar-refractivity contribution in [3.05, 3.63) is 497 Å². The molecule has 0 fully saturated rings.